The topological polar surface area (TPSA) is 47.3 Å². The molecule has 0 atom stereocenters. The van der Waals surface area contributed by atoms with Crippen LogP contribution < -0.4 is 0 Å². The van der Waals surface area contributed by atoms with Gasteiger partial charge in [-0.3, -0.25) is 4.90 Å². The van der Waals surface area contributed by atoms with Gasteiger partial charge in [-0.2, -0.15) is 5.26 Å². The molecule has 1 fully saturated rings. The van der Waals surface area contributed by atoms with Crippen LogP contribution in [-0.4, -0.2) is 35.2 Å². The van der Waals surface area contributed by atoms with Crippen LogP contribution in [0.5, 0.6) is 0 Å². The Balaban J connectivity index is 2.12. The van der Waals surface area contributed by atoms with E-state index >= 15 is 0 Å². The minimum atomic E-state index is -0.426. The molecular weight excluding hydrogens is 188 g/mol. The van der Waals surface area contributed by atoms with Crippen LogP contribution in [0, 0.1) is 16.7 Å². The zero-order valence-corrected chi connectivity index (χ0v) is 10.1. The lowest BCUT2D eigenvalue weighted by Crippen LogP contribution is -2.61. The summed E-state index contributed by atoms with van der Waals surface area (Å²) in [5, 5.41) is 18.6. The lowest BCUT2D eigenvalue weighted by atomic mass is 9.88. The number of β-amino-alcohol motifs (C(OH)–C–C–N with tert-alkyl or cyclic N) is 1. The summed E-state index contributed by atoms with van der Waals surface area (Å²) in [7, 11) is 0. The Morgan fingerprint density at radius 2 is 2.07 bits per heavy atom. The molecule has 15 heavy (non-hydrogen) atoms. The molecule has 86 valence electrons. The van der Waals surface area contributed by atoms with E-state index in [9.17, 15) is 5.11 Å². The predicted octanol–water partition coefficient (Wildman–Crippen LogP) is 1.77. The van der Waals surface area contributed by atoms with E-state index in [-0.39, 0.29) is 5.41 Å². The van der Waals surface area contributed by atoms with Crippen LogP contribution in [0.4, 0.5) is 0 Å². The minimum Gasteiger partial charge on any atom is -0.387 e. The van der Waals surface area contributed by atoms with Gasteiger partial charge in [0.25, 0.3) is 0 Å². The first-order valence-corrected chi connectivity index (χ1v) is 5.77. The minimum absolute atomic E-state index is 0.202. The van der Waals surface area contributed by atoms with Gasteiger partial charge in [0.1, 0.15) is 0 Å². The normalized spacial score (nSPS) is 20.7. The van der Waals surface area contributed by atoms with Gasteiger partial charge in [-0.25, -0.2) is 0 Å². The molecule has 1 aliphatic rings. The van der Waals surface area contributed by atoms with Crippen LogP contribution in [0.2, 0.25) is 0 Å². The van der Waals surface area contributed by atoms with Crippen LogP contribution in [0.3, 0.4) is 0 Å². The average Bonchev–Trinajstić information content (AvgIpc) is 2.14. The number of nitriles is 1. The molecule has 1 saturated heterocycles. The van der Waals surface area contributed by atoms with E-state index < -0.39 is 5.60 Å². The largest absolute Gasteiger partial charge is 0.387 e. The Hall–Kier alpha value is -0.590. The van der Waals surface area contributed by atoms with Gasteiger partial charge in [-0.15, -0.1) is 0 Å². The number of likely N-dealkylation sites (tertiary alicyclic amines) is 1. The number of rotatable bonds is 5. The molecule has 0 amide bonds. The van der Waals surface area contributed by atoms with E-state index in [1.165, 1.54) is 0 Å². The molecule has 0 aliphatic carbocycles. The fraction of sp³-hybridized carbons (Fsp3) is 0.917. The summed E-state index contributed by atoms with van der Waals surface area (Å²) < 4.78 is 0. The average molecular weight is 210 g/mol. The van der Waals surface area contributed by atoms with E-state index in [1.807, 2.05) is 20.8 Å². The van der Waals surface area contributed by atoms with Gasteiger partial charge in [0.2, 0.25) is 0 Å². The molecule has 0 aromatic rings. The summed E-state index contributed by atoms with van der Waals surface area (Å²) in [6.45, 7) is 8.59. The second kappa shape index (κ2) is 4.51. The highest BCUT2D eigenvalue weighted by Crippen LogP contribution is 2.26. The summed E-state index contributed by atoms with van der Waals surface area (Å²) in [5.41, 5.74) is -0.628. The fourth-order valence-corrected chi connectivity index (χ4v) is 1.97. The monoisotopic (exact) mass is 210 g/mol. The summed E-state index contributed by atoms with van der Waals surface area (Å²) >= 11 is 0. The van der Waals surface area contributed by atoms with Crippen molar-refractivity contribution in [2.24, 2.45) is 5.41 Å². The second-order valence-corrected chi connectivity index (χ2v) is 5.39. The third-order valence-electron chi connectivity index (χ3n) is 3.27. The summed E-state index contributed by atoms with van der Waals surface area (Å²) in [5.74, 6) is 0. The maximum atomic E-state index is 9.80. The standard InChI is InChI=1S/C12H22N2O/c1-4-12(15)9-14(10-12)7-5-6-11(2,3)8-13/h15H,4-7,9-10H2,1-3H3. The van der Waals surface area contributed by atoms with Crippen molar-refractivity contribution in [2.75, 3.05) is 19.6 Å². The third-order valence-corrected chi connectivity index (χ3v) is 3.27. The fourth-order valence-electron chi connectivity index (χ4n) is 1.97. The molecule has 1 rings (SSSR count). The number of hydrogen-bond acceptors (Lipinski definition) is 3. The van der Waals surface area contributed by atoms with Crippen molar-refractivity contribution < 1.29 is 5.11 Å². The van der Waals surface area contributed by atoms with Crippen LogP contribution in [0.15, 0.2) is 0 Å². The van der Waals surface area contributed by atoms with Crippen LogP contribution in [0.1, 0.15) is 40.0 Å². The lowest BCUT2D eigenvalue weighted by molar-refractivity contribution is -0.0998. The smallest absolute Gasteiger partial charge is 0.0897 e. The first-order valence-electron chi connectivity index (χ1n) is 5.77. The lowest BCUT2D eigenvalue weighted by Gasteiger charge is -2.46. The molecule has 1 aliphatic heterocycles. The zero-order valence-electron chi connectivity index (χ0n) is 10.1. The van der Waals surface area contributed by atoms with Crippen molar-refractivity contribution in [3.63, 3.8) is 0 Å². The molecule has 1 heterocycles. The Bertz CT molecular complexity index is 249. The Labute approximate surface area is 92.7 Å². The Morgan fingerprint density at radius 3 is 2.53 bits per heavy atom. The van der Waals surface area contributed by atoms with Crippen LogP contribution >= 0.6 is 0 Å². The molecule has 3 nitrogen and oxygen atoms in total. The molecule has 0 aromatic carbocycles. The molecule has 3 heteroatoms. The highest BCUT2D eigenvalue weighted by atomic mass is 16.3. The van der Waals surface area contributed by atoms with Crippen molar-refractivity contribution in [3.05, 3.63) is 0 Å². The Morgan fingerprint density at radius 1 is 1.47 bits per heavy atom. The molecular formula is C12H22N2O. The highest BCUT2D eigenvalue weighted by Gasteiger charge is 2.38. The summed E-state index contributed by atoms with van der Waals surface area (Å²) in [4.78, 5) is 2.26. The summed E-state index contributed by atoms with van der Waals surface area (Å²) in [6.07, 6.45) is 2.82. The van der Waals surface area contributed by atoms with Crippen molar-refractivity contribution in [3.8, 4) is 6.07 Å². The SMILES string of the molecule is CCC1(O)CN(CCCC(C)(C)C#N)C1. The van der Waals surface area contributed by atoms with Gasteiger partial charge in [-0.05, 0) is 39.7 Å². The second-order valence-electron chi connectivity index (χ2n) is 5.39. The molecule has 1 N–H and O–H groups in total. The van der Waals surface area contributed by atoms with Gasteiger partial charge >= 0.3 is 0 Å². The maximum Gasteiger partial charge on any atom is 0.0897 e. The third kappa shape index (κ3) is 3.48. The number of aliphatic hydroxyl groups is 1. The predicted molar refractivity (Wildman–Crippen MR) is 60.3 cm³/mol. The molecule has 0 radical (unpaired) electrons. The van der Waals surface area contributed by atoms with E-state index in [0.717, 1.165) is 38.9 Å². The molecule has 0 saturated carbocycles. The van der Waals surface area contributed by atoms with Crippen molar-refractivity contribution in [2.45, 2.75) is 45.6 Å². The van der Waals surface area contributed by atoms with E-state index in [4.69, 9.17) is 5.26 Å². The van der Waals surface area contributed by atoms with Crippen molar-refractivity contribution in [1.29, 1.82) is 5.26 Å². The molecule has 0 unspecified atom stereocenters. The molecule has 0 spiro atoms. The van der Waals surface area contributed by atoms with Gasteiger partial charge in [0.05, 0.1) is 17.1 Å². The van der Waals surface area contributed by atoms with Crippen LogP contribution in [-0.2, 0) is 0 Å². The van der Waals surface area contributed by atoms with Crippen molar-refractivity contribution in [1.82, 2.24) is 4.90 Å². The highest BCUT2D eigenvalue weighted by molar-refractivity contribution is 4.95. The molecule has 0 aromatic heterocycles. The van der Waals surface area contributed by atoms with Gasteiger partial charge in [0.15, 0.2) is 0 Å². The van der Waals surface area contributed by atoms with Gasteiger partial charge in [0, 0.05) is 13.1 Å². The first kappa shape index (κ1) is 12.5. The van der Waals surface area contributed by atoms with E-state index in [1.54, 1.807) is 0 Å². The Kier molecular flexibility index (Phi) is 3.75. The maximum absolute atomic E-state index is 9.80. The van der Waals surface area contributed by atoms with Crippen LogP contribution in [0.25, 0.3) is 0 Å². The number of hydrogen-bond donors (Lipinski definition) is 1. The molecule has 0 bridgehead atoms. The van der Waals surface area contributed by atoms with Gasteiger partial charge in [-0.1, -0.05) is 6.92 Å². The van der Waals surface area contributed by atoms with E-state index in [2.05, 4.69) is 11.0 Å². The quantitative estimate of drug-likeness (QED) is 0.752. The van der Waals surface area contributed by atoms with Crippen molar-refractivity contribution >= 4 is 0 Å². The number of nitrogens with zero attached hydrogens (tertiary/aromatic N) is 2. The first-order chi connectivity index (χ1) is 6.91. The van der Waals surface area contributed by atoms with E-state index in [0.29, 0.717) is 0 Å². The zero-order chi connectivity index (χ0) is 11.5. The summed E-state index contributed by atoms with van der Waals surface area (Å²) in [6, 6.07) is 2.31. The van der Waals surface area contributed by atoms with Gasteiger partial charge < -0.3 is 5.11 Å².